The maximum Gasteiger partial charge on any atom is 0.0741 e. The molecule has 2 atom stereocenters. The first-order chi connectivity index (χ1) is 7.06. The monoisotopic (exact) mass is 207 g/mol. The molecule has 1 N–H and O–H groups in total. The Kier molecular flexibility index (Phi) is 4.15. The van der Waals surface area contributed by atoms with Crippen molar-refractivity contribution >= 4 is 5.69 Å². The van der Waals surface area contributed by atoms with Crippen LogP contribution in [0.5, 0.6) is 0 Å². The molecule has 1 rings (SSSR count). The van der Waals surface area contributed by atoms with Gasteiger partial charge in [0, 0.05) is 18.8 Å². The normalized spacial score (nSPS) is 14.7. The zero-order chi connectivity index (χ0) is 11.4. The van der Waals surface area contributed by atoms with E-state index in [0.29, 0.717) is 6.04 Å². The Morgan fingerprint density at radius 2 is 1.87 bits per heavy atom. The third-order valence-corrected chi connectivity index (χ3v) is 3.06. The summed E-state index contributed by atoms with van der Waals surface area (Å²) in [4.78, 5) is 0. The summed E-state index contributed by atoms with van der Waals surface area (Å²) in [5.74, 6) is 0. The molecule has 2 nitrogen and oxygen atoms in total. The van der Waals surface area contributed by atoms with Crippen molar-refractivity contribution in [2.24, 2.45) is 0 Å². The maximum absolute atomic E-state index is 5.29. The van der Waals surface area contributed by atoms with Crippen LogP contribution in [0.15, 0.2) is 18.2 Å². The van der Waals surface area contributed by atoms with Crippen molar-refractivity contribution in [1.82, 2.24) is 0 Å². The van der Waals surface area contributed by atoms with E-state index in [0.717, 1.165) is 0 Å². The van der Waals surface area contributed by atoms with Crippen LogP contribution in [0.1, 0.15) is 25.0 Å². The lowest BCUT2D eigenvalue weighted by Crippen LogP contribution is -2.30. The van der Waals surface area contributed by atoms with E-state index in [-0.39, 0.29) is 6.10 Å². The molecule has 1 aromatic rings. The molecule has 15 heavy (non-hydrogen) atoms. The third-order valence-electron chi connectivity index (χ3n) is 3.06. The van der Waals surface area contributed by atoms with Gasteiger partial charge in [-0.1, -0.05) is 12.1 Å². The quantitative estimate of drug-likeness (QED) is 0.819. The van der Waals surface area contributed by atoms with Gasteiger partial charge in [0.25, 0.3) is 0 Å². The smallest absolute Gasteiger partial charge is 0.0741 e. The highest BCUT2D eigenvalue weighted by Gasteiger charge is 2.11. The highest BCUT2D eigenvalue weighted by molar-refractivity contribution is 5.54. The molecule has 0 fully saturated rings. The average molecular weight is 207 g/mol. The molecule has 0 spiro atoms. The van der Waals surface area contributed by atoms with E-state index < -0.39 is 0 Å². The van der Waals surface area contributed by atoms with E-state index in [9.17, 15) is 0 Å². The topological polar surface area (TPSA) is 21.3 Å². The Balaban J connectivity index is 2.76. The van der Waals surface area contributed by atoms with Crippen molar-refractivity contribution in [3.05, 3.63) is 29.3 Å². The summed E-state index contributed by atoms with van der Waals surface area (Å²) >= 11 is 0. The number of nitrogens with one attached hydrogen (secondary N) is 1. The number of hydrogen-bond donors (Lipinski definition) is 1. The number of hydrogen-bond acceptors (Lipinski definition) is 2. The Morgan fingerprint density at radius 1 is 1.20 bits per heavy atom. The second-order valence-corrected chi connectivity index (χ2v) is 4.12. The van der Waals surface area contributed by atoms with Crippen LogP contribution in [0.4, 0.5) is 5.69 Å². The average Bonchev–Trinajstić information content (AvgIpc) is 2.23. The van der Waals surface area contributed by atoms with Crippen LogP contribution in [-0.4, -0.2) is 19.3 Å². The van der Waals surface area contributed by atoms with Gasteiger partial charge in [0.15, 0.2) is 0 Å². The van der Waals surface area contributed by atoms with Crippen LogP contribution < -0.4 is 5.32 Å². The molecule has 0 saturated heterocycles. The maximum atomic E-state index is 5.29. The lowest BCUT2D eigenvalue weighted by atomic mass is 10.1. The van der Waals surface area contributed by atoms with E-state index in [4.69, 9.17) is 4.74 Å². The second-order valence-electron chi connectivity index (χ2n) is 4.12. The molecule has 2 unspecified atom stereocenters. The van der Waals surface area contributed by atoms with Crippen LogP contribution in [0.25, 0.3) is 0 Å². The number of benzene rings is 1. The Bertz CT molecular complexity index is 322. The number of methoxy groups -OCH3 is 1. The molecule has 0 heterocycles. The predicted molar refractivity (Wildman–Crippen MR) is 65.5 cm³/mol. The SMILES string of the molecule is COC(C)C(C)Nc1cccc(C)c1C. The fraction of sp³-hybridized carbons (Fsp3) is 0.538. The highest BCUT2D eigenvalue weighted by Crippen LogP contribution is 2.19. The predicted octanol–water partition coefficient (Wildman–Crippen LogP) is 3.14. The summed E-state index contributed by atoms with van der Waals surface area (Å²) in [6, 6.07) is 6.64. The Labute approximate surface area is 92.6 Å². The molecular formula is C13H21NO. The lowest BCUT2D eigenvalue weighted by Gasteiger charge is -2.22. The first kappa shape index (κ1) is 12.1. The van der Waals surface area contributed by atoms with E-state index >= 15 is 0 Å². The Morgan fingerprint density at radius 3 is 2.47 bits per heavy atom. The fourth-order valence-corrected chi connectivity index (χ4v) is 1.47. The Hall–Kier alpha value is -1.02. The summed E-state index contributed by atoms with van der Waals surface area (Å²) in [6.07, 6.45) is 0.213. The van der Waals surface area contributed by atoms with Gasteiger partial charge in [0.05, 0.1) is 6.10 Å². The van der Waals surface area contributed by atoms with Crippen LogP contribution >= 0.6 is 0 Å². The molecule has 0 saturated carbocycles. The zero-order valence-corrected chi connectivity index (χ0v) is 10.3. The molecule has 0 amide bonds. The van der Waals surface area contributed by atoms with E-state index in [1.807, 2.05) is 0 Å². The van der Waals surface area contributed by atoms with Crippen molar-refractivity contribution < 1.29 is 4.74 Å². The van der Waals surface area contributed by atoms with Crippen LogP contribution in [0.3, 0.4) is 0 Å². The van der Waals surface area contributed by atoms with Crippen LogP contribution in [0.2, 0.25) is 0 Å². The third kappa shape index (κ3) is 2.96. The minimum absolute atomic E-state index is 0.213. The van der Waals surface area contributed by atoms with Crippen LogP contribution in [0, 0.1) is 13.8 Å². The van der Waals surface area contributed by atoms with Crippen molar-refractivity contribution in [3.8, 4) is 0 Å². The number of ether oxygens (including phenoxy) is 1. The summed E-state index contributed by atoms with van der Waals surface area (Å²) in [7, 11) is 1.74. The van der Waals surface area contributed by atoms with Gasteiger partial charge in [-0.05, 0) is 44.9 Å². The van der Waals surface area contributed by atoms with Crippen molar-refractivity contribution in [3.63, 3.8) is 0 Å². The van der Waals surface area contributed by atoms with E-state index in [1.165, 1.54) is 16.8 Å². The summed E-state index contributed by atoms with van der Waals surface area (Å²) < 4.78 is 5.29. The summed E-state index contributed by atoms with van der Waals surface area (Å²) in [6.45, 7) is 8.48. The first-order valence-corrected chi connectivity index (χ1v) is 5.41. The number of rotatable bonds is 4. The first-order valence-electron chi connectivity index (χ1n) is 5.41. The van der Waals surface area contributed by atoms with E-state index in [1.54, 1.807) is 7.11 Å². The summed E-state index contributed by atoms with van der Waals surface area (Å²) in [5, 5.41) is 3.48. The van der Waals surface area contributed by atoms with Gasteiger partial charge >= 0.3 is 0 Å². The largest absolute Gasteiger partial charge is 0.380 e. The molecule has 0 radical (unpaired) electrons. The molecule has 0 aliphatic rings. The number of anilines is 1. The summed E-state index contributed by atoms with van der Waals surface area (Å²) in [5.41, 5.74) is 3.83. The molecule has 84 valence electrons. The van der Waals surface area contributed by atoms with Crippen molar-refractivity contribution in [1.29, 1.82) is 0 Å². The fourth-order valence-electron chi connectivity index (χ4n) is 1.47. The standard InChI is InChI=1S/C13H21NO/c1-9-7-6-8-13(10(9)2)14-11(3)12(4)15-5/h6-8,11-12,14H,1-5H3. The van der Waals surface area contributed by atoms with Gasteiger partial charge in [-0.25, -0.2) is 0 Å². The van der Waals surface area contributed by atoms with Gasteiger partial charge in [-0.15, -0.1) is 0 Å². The second kappa shape index (κ2) is 5.17. The molecule has 1 aromatic carbocycles. The van der Waals surface area contributed by atoms with Crippen LogP contribution in [-0.2, 0) is 4.74 Å². The van der Waals surface area contributed by atoms with Crippen molar-refractivity contribution in [2.45, 2.75) is 39.8 Å². The highest BCUT2D eigenvalue weighted by atomic mass is 16.5. The van der Waals surface area contributed by atoms with E-state index in [2.05, 4.69) is 51.2 Å². The molecule has 0 aromatic heterocycles. The lowest BCUT2D eigenvalue weighted by molar-refractivity contribution is 0.106. The zero-order valence-electron chi connectivity index (χ0n) is 10.3. The number of aryl methyl sites for hydroxylation is 1. The molecule has 2 heteroatoms. The van der Waals surface area contributed by atoms with Gasteiger partial charge in [0.1, 0.15) is 0 Å². The minimum atomic E-state index is 0.213. The van der Waals surface area contributed by atoms with Gasteiger partial charge in [0.2, 0.25) is 0 Å². The minimum Gasteiger partial charge on any atom is -0.380 e. The molecular weight excluding hydrogens is 186 g/mol. The van der Waals surface area contributed by atoms with Gasteiger partial charge in [-0.2, -0.15) is 0 Å². The van der Waals surface area contributed by atoms with Gasteiger partial charge in [-0.3, -0.25) is 0 Å². The van der Waals surface area contributed by atoms with Gasteiger partial charge < -0.3 is 10.1 Å². The van der Waals surface area contributed by atoms with Crippen molar-refractivity contribution in [2.75, 3.05) is 12.4 Å². The molecule has 0 aliphatic carbocycles. The molecule has 0 bridgehead atoms. The molecule has 0 aliphatic heterocycles.